The first kappa shape index (κ1) is 17.9. The third-order valence-electron chi connectivity index (χ3n) is 4.81. The number of ether oxygens (including phenoxy) is 1. The van der Waals surface area contributed by atoms with Gasteiger partial charge in [-0.3, -0.25) is 0 Å². The summed E-state index contributed by atoms with van der Waals surface area (Å²) in [6.07, 6.45) is -1.71. The summed E-state index contributed by atoms with van der Waals surface area (Å²) in [6, 6.07) is 6.61. The fourth-order valence-corrected chi connectivity index (χ4v) is 3.36. The van der Waals surface area contributed by atoms with Gasteiger partial charge in [-0.15, -0.1) is 13.2 Å². The van der Waals surface area contributed by atoms with Gasteiger partial charge < -0.3 is 15.0 Å². The van der Waals surface area contributed by atoms with Gasteiger partial charge in [0.2, 0.25) is 5.95 Å². The number of nitrogens with zero attached hydrogens (tertiary/aromatic N) is 3. The maximum absolute atomic E-state index is 12.4. The molecule has 0 atom stereocenters. The molecule has 0 saturated heterocycles. The topological polar surface area (TPSA) is 50.3 Å². The van der Waals surface area contributed by atoms with Crippen molar-refractivity contribution in [3.8, 4) is 5.75 Å². The van der Waals surface area contributed by atoms with Gasteiger partial charge in [-0.1, -0.05) is 6.07 Å². The Morgan fingerprint density at radius 1 is 1.19 bits per heavy atom. The van der Waals surface area contributed by atoms with Crippen molar-refractivity contribution < 1.29 is 17.9 Å². The summed E-state index contributed by atoms with van der Waals surface area (Å²) in [6.45, 7) is 4.05. The second-order valence-corrected chi connectivity index (χ2v) is 6.93. The van der Waals surface area contributed by atoms with Crippen molar-refractivity contribution in [1.29, 1.82) is 0 Å². The minimum atomic E-state index is -4.67. The summed E-state index contributed by atoms with van der Waals surface area (Å²) in [7, 11) is 0. The van der Waals surface area contributed by atoms with E-state index in [1.807, 2.05) is 13.0 Å². The summed E-state index contributed by atoms with van der Waals surface area (Å²) in [5.74, 6) is 1.85. The molecule has 0 amide bonds. The zero-order valence-electron chi connectivity index (χ0n) is 15.0. The smallest absolute Gasteiger partial charge is 0.406 e. The normalized spacial score (nSPS) is 16.8. The van der Waals surface area contributed by atoms with Crippen LogP contribution in [0.4, 0.5) is 24.9 Å². The molecule has 1 fully saturated rings. The molecular formula is C19H21F3N4O. The first-order valence-electron chi connectivity index (χ1n) is 9.16. The number of anilines is 2. The molecule has 1 N–H and O–H groups in total. The van der Waals surface area contributed by atoms with E-state index in [0.29, 0.717) is 31.4 Å². The lowest BCUT2D eigenvalue weighted by Crippen LogP contribution is -2.31. The van der Waals surface area contributed by atoms with E-state index in [0.717, 1.165) is 42.0 Å². The molecule has 0 bridgehead atoms. The van der Waals surface area contributed by atoms with Crippen LogP contribution in [0, 0.1) is 0 Å². The van der Waals surface area contributed by atoms with Crippen LogP contribution in [0.3, 0.4) is 0 Å². The number of hydrogen-bond acceptors (Lipinski definition) is 5. The van der Waals surface area contributed by atoms with Gasteiger partial charge in [0.25, 0.3) is 0 Å². The van der Waals surface area contributed by atoms with Gasteiger partial charge in [0, 0.05) is 31.6 Å². The molecule has 5 nitrogen and oxygen atoms in total. The number of aromatic nitrogens is 2. The number of hydrogen-bond donors (Lipinski definition) is 1. The summed E-state index contributed by atoms with van der Waals surface area (Å²) >= 11 is 0. The molecule has 1 aromatic heterocycles. The van der Waals surface area contributed by atoms with Crippen LogP contribution in [0.15, 0.2) is 24.3 Å². The van der Waals surface area contributed by atoms with E-state index in [1.165, 1.54) is 12.1 Å². The predicted octanol–water partition coefficient (Wildman–Crippen LogP) is 4.25. The highest BCUT2D eigenvalue weighted by Gasteiger charge is 2.32. The monoisotopic (exact) mass is 378 g/mol. The molecule has 1 aliphatic heterocycles. The molecule has 0 radical (unpaired) electrons. The van der Waals surface area contributed by atoms with E-state index >= 15 is 0 Å². The summed E-state index contributed by atoms with van der Waals surface area (Å²) in [5.41, 5.74) is 2.94. The fraction of sp³-hybridized carbons (Fsp3) is 0.474. The Morgan fingerprint density at radius 3 is 2.70 bits per heavy atom. The van der Waals surface area contributed by atoms with Crippen molar-refractivity contribution in [3.63, 3.8) is 0 Å². The molecule has 1 aliphatic carbocycles. The van der Waals surface area contributed by atoms with E-state index in [-0.39, 0.29) is 5.75 Å². The standard InChI is InChI=1S/C19H21F3N4O/c1-2-23-18-24-16(12-3-4-12)10-17(25-18)26-8-7-13-9-15(27-19(20,21)22)6-5-14(13)11-26/h5-6,9-10,12H,2-4,7-8,11H2,1H3,(H,23,24,25). The number of alkyl halides is 3. The van der Waals surface area contributed by atoms with Crippen LogP contribution in [-0.2, 0) is 13.0 Å². The van der Waals surface area contributed by atoms with E-state index in [2.05, 4.69) is 24.9 Å². The second kappa shape index (κ2) is 6.90. The molecule has 4 rings (SSSR count). The van der Waals surface area contributed by atoms with Crippen LogP contribution in [0.2, 0.25) is 0 Å². The van der Waals surface area contributed by atoms with Gasteiger partial charge in [-0.2, -0.15) is 4.98 Å². The lowest BCUT2D eigenvalue weighted by atomic mass is 9.99. The Morgan fingerprint density at radius 2 is 2.00 bits per heavy atom. The van der Waals surface area contributed by atoms with Crippen molar-refractivity contribution in [2.45, 2.75) is 45.0 Å². The number of nitrogens with one attached hydrogen (secondary N) is 1. The molecule has 2 aromatic rings. The molecule has 27 heavy (non-hydrogen) atoms. The summed E-state index contributed by atoms with van der Waals surface area (Å²) in [5, 5.41) is 3.19. The number of benzene rings is 1. The molecule has 144 valence electrons. The third kappa shape index (κ3) is 4.26. The number of halogens is 3. The van der Waals surface area contributed by atoms with Crippen molar-refractivity contribution >= 4 is 11.8 Å². The molecule has 2 aliphatic rings. The van der Waals surface area contributed by atoms with Gasteiger partial charge in [0.15, 0.2) is 0 Å². The van der Waals surface area contributed by atoms with Gasteiger partial charge in [0.1, 0.15) is 11.6 Å². The van der Waals surface area contributed by atoms with E-state index < -0.39 is 6.36 Å². The van der Waals surface area contributed by atoms with Gasteiger partial charge >= 0.3 is 6.36 Å². The highest BCUT2D eigenvalue weighted by Crippen LogP contribution is 2.40. The lowest BCUT2D eigenvalue weighted by Gasteiger charge is -2.30. The van der Waals surface area contributed by atoms with Crippen LogP contribution in [-0.4, -0.2) is 29.4 Å². The van der Waals surface area contributed by atoms with Gasteiger partial charge in [-0.05, 0) is 49.4 Å². The molecular weight excluding hydrogens is 357 g/mol. The van der Waals surface area contributed by atoms with Crippen molar-refractivity contribution in [2.75, 3.05) is 23.3 Å². The molecule has 8 heteroatoms. The average Bonchev–Trinajstić information content (AvgIpc) is 3.45. The molecule has 1 saturated carbocycles. The van der Waals surface area contributed by atoms with E-state index in [9.17, 15) is 13.2 Å². The molecule has 0 spiro atoms. The SMILES string of the molecule is CCNc1nc(C2CC2)cc(N2CCc3cc(OC(F)(F)F)ccc3C2)n1. The number of rotatable bonds is 5. The van der Waals surface area contributed by atoms with Crippen molar-refractivity contribution in [2.24, 2.45) is 0 Å². The zero-order valence-corrected chi connectivity index (χ0v) is 15.0. The zero-order chi connectivity index (χ0) is 19.0. The first-order valence-corrected chi connectivity index (χ1v) is 9.16. The highest BCUT2D eigenvalue weighted by molar-refractivity contribution is 5.50. The van der Waals surface area contributed by atoms with Crippen LogP contribution in [0.5, 0.6) is 5.75 Å². The Labute approximate surface area is 155 Å². The third-order valence-corrected chi connectivity index (χ3v) is 4.81. The Bertz CT molecular complexity index is 836. The molecule has 1 aromatic carbocycles. The minimum absolute atomic E-state index is 0.165. The second-order valence-electron chi connectivity index (χ2n) is 6.93. The number of fused-ring (bicyclic) bond motifs is 1. The van der Waals surface area contributed by atoms with Crippen molar-refractivity contribution in [3.05, 3.63) is 41.1 Å². The fourth-order valence-electron chi connectivity index (χ4n) is 3.36. The van der Waals surface area contributed by atoms with Gasteiger partial charge in [0.05, 0.1) is 5.69 Å². The van der Waals surface area contributed by atoms with Crippen molar-refractivity contribution in [1.82, 2.24) is 9.97 Å². The summed E-state index contributed by atoms with van der Waals surface area (Å²) < 4.78 is 41.3. The predicted molar refractivity (Wildman–Crippen MR) is 96.0 cm³/mol. The van der Waals surface area contributed by atoms with Gasteiger partial charge in [-0.25, -0.2) is 4.98 Å². The maximum Gasteiger partial charge on any atom is 0.573 e. The van der Waals surface area contributed by atoms with Crippen LogP contribution >= 0.6 is 0 Å². The minimum Gasteiger partial charge on any atom is -0.406 e. The van der Waals surface area contributed by atoms with Crippen LogP contribution in [0.1, 0.15) is 42.5 Å². The molecule has 2 heterocycles. The van der Waals surface area contributed by atoms with E-state index in [4.69, 9.17) is 0 Å². The van der Waals surface area contributed by atoms with Crippen LogP contribution < -0.4 is 15.0 Å². The highest BCUT2D eigenvalue weighted by atomic mass is 19.4. The first-order chi connectivity index (χ1) is 12.9. The summed E-state index contributed by atoms with van der Waals surface area (Å²) in [4.78, 5) is 11.4. The average molecular weight is 378 g/mol. The maximum atomic E-state index is 12.4. The Balaban J connectivity index is 1.56. The Hall–Kier alpha value is -2.51. The molecule has 0 unspecified atom stereocenters. The van der Waals surface area contributed by atoms with E-state index in [1.54, 1.807) is 6.07 Å². The van der Waals surface area contributed by atoms with Crippen LogP contribution in [0.25, 0.3) is 0 Å². The largest absolute Gasteiger partial charge is 0.573 e. The Kier molecular flexibility index (Phi) is 4.57. The quantitative estimate of drug-likeness (QED) is 0.843. The lowest BCUT2D eigenvalue weighted by molar-refractivity contribution is -0.274.